The maximum atomic E-state index is 12.6. The number of hydrogen-bond donors (Lipinski definition) is 2. The second kappa shape index (κ2) is 8.84. The molecule has 0 fully saturated rings. The van der Waals surface area contributed by atoms with Crippen molar-refractivity contribution in [3.8, 4) is 0 Å². The highest BCUT2D eigenvalue weighted by Gasteiger charge is 2.37. The van der Waals surface area contributed by atoms with Gasteiger partial charge in [-0.2, -0.15) is 0 Å². The molecule has 0 aliphatic heterocycles. The predicted molar refractivity (Wildman–Crippen MR) is 124 cm³/mol. The van der Waals surface area contributed by atoms with Crippen LogP contribution < -0.4 is 9.80 Å². The number of carboxylic acid groups (broad SMARTS) is 1. The molecule has 7 nitrogen and oxygen atoms in total. The Morgan fingerprint density at radius 2 is 1.69 bits per heavy atom. The van der Waals surface area contributed by atoms with Gasteiger partial charge in [0.1, 0.15) is 5.69 Å². The normalized spacial score (nSPS) is 12.4. The van der Waals surface area contributed by atoms with E-state index >= 15 is 0 Å². The molecule has 0 spiro atoms. The molecule has 0 bridgehead atoms. The van der Waals surface area contributed by atoms with Gasteiger partial charge in [0.15, 0.2) is 6.54 Å². The number of likely N-dealkylation sites (N-methyl/N-ethyl adjacent to an activating group) is 1. The second-order valence-corrected chi connectivity index (χ2v) is 17.1. The number of carbonyl (C=O) groups is 2. The number of quaternary nitrogens is 1. The van der Waals surface area contributed by atoms with Crippen molar-refractivity contribution in [2.45, 2.75) is 6.37 Å². The van der Waals surface area contributed by atoms with E-state index < -0.39 is 23.2 Å². The Balaban J connectivity index is 2.29. The number of benzene rings is 2. The summed E-state index contributed by atoms with van der Waals surface area (Å²) >= 11 is 8.99. The lowest BCUT2D eigenvalue weighted by atomic mass is 10.2. The van der Waals surface area contributed by atoms with E-state index in [1.807, 2.05) is 0 Å². The molecule has 0 saturated heterocycles. The van der Waals surface area contributed by atoms with Crippen molar-refractivity contribution in [2.24, 2.45) is 0 Å². The Hall–Kier alpha value is -1.27. The molecule has 156 valence electrons. The van der Waals surface area contributed by atoms with E-state index in [1.54, 1.807) is 38.4 Å². The van der Waals surface area contributed by atoms with E-state index in [0.29, 0.717) is 11.4 Å². The Kier molecular flexibility index (Phi) is 7.32. The third-order valence-corrected chi connectivity index (χ3v) is 9.36. The molecule has 2 aromatic carbocycles. The van der Waals surface area contributed by atoms with Crippen molar-refractivity contribution in [2.75, 3.05) is 26.0 Å². The first-order chi connectivity index (χ1) is 13.2. The van der Waals surface area contributed by atoms with E-state index in [9.17, 15) is 18.0 Å². The summed E-state index contributed by atoms with van der Waals surface area (Å²) in [5, 5.41) is 11.8. The van der Waals surface area contributed by atoms with Crippen LogP contribution in [0.4, 0.5) is 11.4 Å². The van der Waals surface area contributed by atoms with Crippen molar-refractivity contribution in [3.63, 3.8) is 0 Å². The quantitative estimate of drug-likeness (QED) is 0.377. The number of halogens is 3. The molecule has 0 radical (unpaired) electrons. The molecule has 0 unspecified atom stereocenters. The minimum Gasteiger partial charge on any atom is -0.477 e. The van der Waals surface area contributed by atoms with Gasteiger partial charge >= 0.3 is 5.97 Å². The molecule has 11 heteroatoms. The van der Waals surface area contributed by atoms with Crippen LogP contribution in [0.25, 0.3) is 0 Å². The molecule has 0 aliphatic rings. The van der Waals surface area contributed by atoms with Gasteiger partial charge in [-0.05, 0) is 78.1 Å². The van der Waals surface area contributed by atoms with E-state index in [2.05, 4.69) is 53.1 Å². The third kappa shape index (κ3) is 5.88. The van der Waals surface area contributed by atoms with Gasteiger partial charge in [0.25, 0.3) is 5.91 Å². The van der Waals surface area contributed by atoms with Crippen LogP contribution in [-0.2, 0) is 14.6 Å². The molecule has 0 heterocycles. The van der Waals surface area contributed by atoms with E-state index in [0.717, 1.165) is 0 Å². The SMILES string of the molecule is C[N+](C)(CC(=O)O)c1cccc(NC(=O)c2cccc(S(=O)(=O)C(Br)(Br)Br)c2)c1. The minimum absolute atomic E-state index is 0.0521. The van der Waals surface area contributed by atoms with Gasteiger partial charge in [-0.25, -0.2) is 13.2 Å². The fraction of sp³-hybridized carbons (Fsp3) is 0.222. The molecular formula is C18H18Br3N2O5S+. The fourth-order valence-corrected chi connectivity index (χ4v) is 5.02. The summed E-state index contributed by atoms with van der Waals surface area (Å²) in [6.07, 6.45) is 0. The van der Waals surface area contributed by atoms with Gasteiger partial charge in [-0.15, -0.1) is 0 Å². The summed E-state index contributed by atoms with van der Waals surface area (Å²) in [5.41, 5.74) is 1.32. The minimum atomic E-state index is -3.83. The summed E-state index contributed by atoms with van der Waals surface area (Å²) in [5.74, 6) is -1.43. The summed E-state index contributed by atoms with van der Waals surface area (Å²) in [6, 6.07) is 12.5. The maximum absolute atomic E-state index is 12.6. The molecule has 2 rings (SSSR count). The number of rotatable bonds is 6. The summed E-state index contributed by atoms with van der Waals surface area (Å²) in [4.78, 5) is 23.7. The van der Waals surface area contributed by atoms with E-state index in [1.165, 1.54) is 24.3 Å². The predicted octanol–water partition coefficient (Wildman–Crippen LogP) is 4.16. The molecule has 0 atom stereocenters. The molecule has 1 amide bonds. The van der Waals surface area contributed by atoms with Gasteiger partial charge in [-0.1, -0.05) is 12.1 Å². The van der Waals surface area contributed by atoms with Crippen molar-refractivity contribution >= 4 is 80.9 Å². The highest BCUT2D eigenvalue weighted by molar-refractivity contribution is 9.42. The number of aliphatic carboxylic acids is 1. The monoisotopic (exact) mass is 611 g/mol. The highest BCUT2D eigenvalue weighted by Crippen LogP contribution is 2.43. The second-order valence-electron chi connectivity index (χ2n) is 6.72. The Morgan fingerprint density at radius 3 is 2.28 bits per heavy atom. The zero-order valence-corrected chi connectivity index (χ0v) is 21.0. The largest absolute Gasteiger partial charge is 0.477 e. The lowest BCUT2D eigenvalue weighted by molar-refractivity contribution is -0.137. The van der Waals surface area contributed by atoms with Crippen molar-refractivity contribution in [3.05, 3.63) is 54.1 Å². The summed E-state index contributed by atoms with van der Waals surface area (Å²) < 4.78 is 23.6. The maximum Gasteiger partial charge on any atom is 0.359 e. The van der Waals surface area contributed by atoms with E-state index in [-0.39, 0.29) is 21.5 Å². The lowest BCUT2D eigenvalue weighted by Crippen LogP contribution is -2.44. The van der Waals surface area contributed by atoms with Crippen molar-refractivity contribution in [1.29, 1.82) is 0 Å². The zero-order chi connectivity index (χ0) is 22.0. The van der Waals surface area contributed by atoms with Crippen LogP contribution in [0.1, 0.15) is 10.4 Å². The van der Waals surface area contributed by atoms with Crippen LogP contribution in [0.5, 0.6) is 0 Å². The van der Waals surface area contributed by atoms with Gasteiger partial charge < -0.3 is 10.4 Å². The molecule has 0 saturated carbocycles. The van der Waals surface area contributed by atoms with Gasteiger partial charge in [0.2, 0.25) is 11.3 Å². The van der Waals surface area contributed by atoms with Crippen LogP contribution in [-0.4, -0.2) is 47.5 Å². The number of sulfone groups is 1. The van der Waals surface area contributed by atoms with Gasteiger partial charge in [-0.3, -0.25) is 9.28 Å². The van der Waals surface area contributed by atoms with Crippen LogP contribution >= 0.6 is 47.8 Å². The number of carboxylic acids is 1. The average Bonchev–Trinajstić information content (AvgIpc) is 2.60. The number of nitrogens with zero attached hydrogens (tertiary/aromatic N) is 1. The number of amides is 1. The van der Waals surface area contributed by atoms with Crippen LogP contribution in [0.2, 0.25) is 0 Å². The average molecular weight is 614 g/mol. The van der Waals surface area contributed by atoms with Gasteiger partial charge in [0, 0.05) is 17.3 Å². The van der Waals surface area contributed by atoms with Crippen molar-refractivity contribution in [1.82, 2.24) is 4.48 Å². The Bertz CT molecular complexity index is 1050. The molecule has 0 aliphatic carbocycles. The molecular weight excluding hydrogens is 596 g/mol. The van der Waals surface area contributed by atoms with Crippen LogP contribution in [0.3, 0.4) is 0 Å². The number of hydrogen-bond acceptors (Lipinski definition) is 4. The van der Waals surface area contributed by atoms with Crippen LogP contribution in [0.15, 0.2) is 53.4 Å². The topological polar surface area (TPSA) is 101 Å². The van der Waals surface area contributed by atoms with Gasteiger partial charge in [0.05, 0.1) is 19.0 Å². The molecule has 29 heavy (non-hydrogen) atoms. The lowest BCUT2D eigenvalue weighted by Gasteiger charge is -2.27. The number of carbonyl (C=O) groups excluding carboxylic acids is 1. The van der Waals surface area contributed by atoms with Crippen LogP contribution in [0, 0.1) is 0 Å². The Morgan fingerprint density at radius 1 is 1.07 bits per heavy atom. The number of alkyl halides is 3. The van der Waals surface area contributed by atoms with E-state index in [4.69, 9.17) is 5.11 Å². The highest BCUT2D eigenvalue weighted by atomic mass is 80.0. The first-order valence-corrected chi connectivity index (χ1v) is 12.0. The molecule has 2 N–H and O–H groups in total. The standard InChI is InChI=1S/C18H17Br3N2O5S/c1-23(2,11-16(24)25)14-7-4-6-13(10-14)22-17(26)12-5-3-8-15(9-12)29(27,28)18(19,20)21/h3-10H,11H2,1-2H3,(H-,22,24,25,26)/p+1. The molecule has 0 aromatic heterocycles. The summed E-state index contributed by atoms with van der Waals surface area (Å²) in [7, 11) is -0.338. The Labute approximate surface area is 194 Å². The van der Waals surface area contributed by atoms with Crippen molar-refractivity contribution < 1.29 is 23.1 Å². The smallest absolute Gasteiger partial charge is 0.359 e. The zero-order valence-electron chi connectivity index (χ0n) is 15.4. The number of anilines is 1. The number of nitrogens with one attached hydrogen (secondary N) is 1. The molecule has 2 aromatic rings. The third-order valence-electron chi connectivity index (χ3n) is 4.04. The fourth-order valence-electron chi connectivity index (χ4n) is 2.53. The first kappa shape index (κ1) is 24.0. The first-order valence-electron chi connectivity index (χ1n) is 8.12. The summed E-state index contributed by atoms with van der Waals surface area (Å²) in [6.45, 7) is -0.120.